The van der Waals surface area contributed by atoms with Crippen LogP contribution in [0, 0.1) is 12.3 Å². The first-order valence-corrected chi connectivity index (χ1v) is 8.87. The van der Waals surface area contributed by atoms with Crippen molar-refractivity contribution in [2.24, 2.45) is 5.41 Å². The molecule has 122 valence electrons. The van der Waals surface area contributed by atoms with Crippen LogP contribution in [0.5, 0.6) is 0 Å². The molecule has 1 saturated carbocycles. The predicted octanol–water partition coefficient (Wildman–Crippen LogP) is 5.57. The van der Waals surface area contributed by atoms with Crippen LogP contribution in [-0.2, 0) is 5.60 Å². The Morgan fingerprint density at radius 3 is 2.13 bits per heavy atom. The maximum Gasteiger partial charge on any atom is 0.0970 e. The minimum atomic E-state index is -0.761. The molecule has 1 aliphatic carbocycles. The quantitative estimate of drug-likeness (QED) is 0.783. The van der Waals surface area contributed by atoms with Crippen molar-refractivity contribution < 1.29 is 5.11 Å². The molecule has 0 radical (unpaired) electrons. The highest BCUT2D eigenvalue weighted by Gasteiger charge is 2.53. The zero-order valence-corrected chi connectivity index (χ0v) is 14.5. The van der Waals surface area contributed by atoms with E-state index in [0.717, 1.165) is 31.2 Å². The standard InChI is InChI=1S/C22H28O/c1-4-21(5-2)15-20(18-13-11-17(3)12-14-18)22(23,16-21)19-9-7-6-8-10-19/h6-14,20,23H,4-5,15-16H2,1-3H3/t20-,22+/m1/s1. The van der Waals surface area contributed by atoms with Gasteiger partial charge in [-0.25, -0.2) is 0 Å². The molecule has 1 nitrogen and oxygen atoms in total. The Bertz CT molecular complexity index is 639. The topological polar surface area (TPSA) is 20.2 Å². The summed E-state index contributed by atoms with van der Waals surface area (Å²) in [7, 11) is 0. The molecule has 23 heavy (non-hydrogen) atoms. The Morgan fingerprint density at radius 1 is 0.957 bits per heavy atom. The fourth-order valence-corrected chi connectivity index (χ4v) is 4.38. The van der Waals surface area contributed by atoms with Gasteiger partial charge in [0.05, 0.1) is 5.60 Å². The summed E-state index contributed by atoms with van der Waals surface area (Å²) in [6.45, 7) is 6.66. The minimum Gasteiger partial charge on any atom is -0.385 e. The normalized spacial score (nSPS) is 26.3. The van der Waals surface area contributed by atoms with E-state index in [1.807, 2.05) is 18.2 Å². The van der Waals surface area contributed by atoms with E-state index in [1.165, 1.54) is 11.1 Å². The monoisotopic (exact) mass is 308 g/mol. The Hall–Kier alpha value is -1.60. The van der Waals surface area contributed by atoms with Crippen LogP contribution in [0.1, 0.15) is 62.1 Å². The Labute approximate surface area is 140 Å². The van der Waals surface area contributed by atoms with Crippen LogP contribution in [0.3, 0.4) is 0 Å². The molecule has 0 bridgehead atoms. The van der Waals surface area contributed by atoms with Gasteiger partial charge < -0.3 is 5.11 Å². The van der Waals surface area contributed by atoms with Gasteiger partial charge in [-0.1, -0.05) is 86.8 Å². The van der Waals surface area contributed by atoms with Crippen molar-refractivity contribution in [1.29, 1.82) is 0 Å². The van der Waals surface area contributed by atoms with Gasteiger partial charge in [-0.05, 0) is 36.3 Å². The van der Waals surface area contributed by atoms with E-state index in [9.17, 15) is 5.11 Å². The first-order valence-electron chi connectivity index (χ1n) is 8.87. The van der Waals surface area contributed by atoms with Crippen LogP contribution < -0.4 is 0 Å². The third-order valence-corrected chi connectivity index (χ3v) is 6.11. The van der Waals surface area contributed by atoms with Crippen molar-refractivity contribution >= 4 is 0 Å². The van der Waals surface area contributed by atoms with Crippen molar-refractivity contribution in [2.75, 3.05) is 0 Å². The van der Waals surface area contributed by atoms with Crippen molar-refractivity contribution in [3.63, 3.8) is 0 Å². The molecule has 0 unspecified atom stereocenters. The first kappa shape index (κ1) is 16.3. The number of hydrogen-bond donors (Lipinski definition) is 1. The number of aryl methyl sites for hydroxylation is 1. The van der Waals surface area contributed by atoms with E-state index < -0.39 is 5.60 Å². The maximum atomic E-state index is 11.7. The highest BCUT2D eigenvalue weighted by atomic mass is 16.3. The van der Waals surface area contributed by atoms with E-state index in [0.29, 0.717) is 0 Å². The Balaban J connectivity index is 2.08. The van der Waals surface area contributed by atoms with Crippen LogP contribution in [0.2, 0.25) is 0 Å². The Kier molecular flexibility index (Phi) is 4.33. The molecule has 0 aliphatic heterocycles. The second kappa shape index (κ2) is 6.13. The third-order valence-electron chi connectivity index (χ3n) is 6.11. The molecule has 0 saturated heterocycles. The SMILES string of the molecule is CCC1(CC)C[C@H](c2ccc(C)cc2)[C@@](O)(c2ccccc2)C1. The van der Waals surface area contributed by atoms with Gasteiger partial charge >= 0.3 is 0 Å². The average molecular weight is 308 g/mol. The Morgan fingerprint density at radius 2 is 1.57 bits per heavy atom. The highest BCUT2D eigenvalue weighted by molar-refractivity contribution is 5.35. The van der Waals surface area contributed by atoms with E-state index >= 15 is 0 Å². The highest BCUT2D eigenvalue weighted by Crippen LogP contribution is 2.59. The molecule has 0 spiro atoms. The second-order valence-corrected chi connectivity index (χ2v) is 7.34. The zero-order chi connectivity index (χ0) is 16.5. The van der Waals surface area contributed by atoms with Gasteiger partial charge in [0.2, 0.25) is 0 Å². The van der Waals surface area contributed by atoms with E-state index in [1.54, 1.807) is 0 Å². The summed E-state index contributed by atoms with van der Waals surface area (Å²) in [5, 5.41) is 11.7. The van der Waals surface area contributed by atoms with Gasteiger partial charge in [-0.3, -0.25) is 0 Å². The van der Waals surface area contributed by atoms with Gasteiger partial charge in [0, 0.05) is 5.92 Å². The molecule has 0 heterocycles. The first-order chi connectivity index (χ1) is 11.0. The lowest BCUT2D eigenvalue weighted by molar-refractivity contribution is 0.0142. The van der Waals surface area contributed by atoms with Gasteiger partial charge in [0.1, 0.15) is 0 Å². The van der Waals surface area contributed by atoms with Crippen molar-refractivity contribution in [2.45, 2.75) is 58.0 Å². The van der Waals surface area contributed by atoms with Gasteiger partial charge in [0.25, 0.3) is 0 Å². The van der Waals surface area contributed by atoms with E-state index in [-0.39, 0.29) is 11.3 Å². The summed E-state index contributed by atoms with van der Waals surface area (Å²) in [6, 6.07) is 19.0. The molecule has 1 heteroatoms. The average Bonchev–Trinajstić information content (AvgIpc) is 2.91. The fraction of sp³-hybridized carbons (Fsp3) is 0.455. The number of hydrogen-bond acceptors (Lipinski definition) is 1. The lowest BCUT2D eigenvalue weighted by Crippen LogP contribution is -2.29. The molecule has 2 atom stereocenters. The van der Waals surface area contributed by atoms with Gasteiger partial charge in [-0.15, -0.1) is 0 Å². The van der Waals surface area contributed by atoms with Crippen molar-refractivity contribution in [3.8, 4) is 0 Å². The van der Waals surface area contributed by atoms with Crippen LogP contribution in [0.25, 0.3) is 0 Å². The molecule has 1 aliphatic rings. The fourth-order valence-electron chi connectivity index (χ4n) is 4.38. The molecule has 1 fully saturated rings. The molecule has 0 aromatic heterocycles. The van der Waals surface area contributed by atoms with Crippen LogP contribution >= 0.6 is 0 Å². The van der Waals surface area contributed by atoms with Gasteiger partial charge in [0.15, 0.2) is 0 Å². The van der Waals surface area contributed by atoms with E-state index in [2.05, 4.69) is 57.2 Å². The lowest BCUT2D eigenvalue weighted by Gasteiger charge is -2.32. The molecule has 3 rings (SSSR count). The lowest BCUT2D eigenvalue weighted by atomic mass is 9.78. The minimum absolute atomic E-state index is 0.172. The number of benzene rings is 2. The summed E-state index contributed by atoms with van der Waals surface area (Å²) >= 11 is 0. The van der Waals surface area contributed by atoms with Crippen molar-refractivity contribution in [3.05, 3.63) is 71.3 Å². The predicted molar refractivity (Wildman–Crippen MR) is 96.5 cm³/mol. The molecule has 2 aromatic rings. The maximum absolute atomic E-state index is 11.7. The van der Waals surface area contributed by atoms with Gasteiger partial charge in [-0.2, -0.15) is 0 Å². The smallest absolute Gasteiger partial charge is 0.0970 e. The van der Waals surface area contributed by atoms with Crippen molar-refractivity contribution in [1.82, 2.24) is 0 Å². The summed E-state index contributed by atoms with van der Waals surface area (Å²) in [4.78, 5) is 0. The third kappa shape index (κ3) is 2.83. The largest absolute Gasteiger partial charge is 0.385 e. The summed E-state index contributed by atoms with van der Waals surface area (Å²) in [5.41, 5.74) is 3.08. The number of aliphatic hydroxyl groups is 1. The second-order valence-electron chi connectivity index (χ2n) is 7.34. The van der Waals surface area contributed by atoms with Crippen LogP contribution in [0.15, 0.2) is 54.6 Å². The van der Waals surface area contributed by atoms with Crippen LogP contribution in [-0.4, -0.2) is 5.11 Å². The molecular formula is C22H28O. The molecule has 2 aromatic carbocycles. The number of rotatable bonds is 4. The van der Waals surface area contributed by atoms with Crippen LogP contribution in [0.4, 0.5) is 0 Å². The molecular weight excluding hydrogens is 280 g/mol. The summed E-state index contributed by atoms with van der Waals surface area (Å²) in [6.07, 6.45) is 4.17. The summed E-state index contributed by atoms with van der Waals surface area (Å²) in [5.74, 6) is 0.172. The zero-order valence-electron chi connectivity index (χ0n) is 14.5. The summed E-state index contributed by atoms with van der Waals surface area (Å²) < 4.78 is 0. The van der Waals surface area contributed by atoms with E-state index in [4.69, 9.17) is 0 Å². The molecule has 0 amide bonds. The molecule has 1 N–H and O–H groups in total.